The van der Waals surface area contributed by atoms with Crippen LogP contribution in [0.15, 0.2) is 24.3 Å². The number of nitrogens with one attached hydrogen (secondary N) is 1. The highest BCUT2D eigenvalue weighted by Crippen LogP contribution is 2.24. The summed E-state index contributed by atoms with van der Waals surface area (Å²) in [6, 6.07) is 6.96. The van der Waals surface area contributed by atoms with Crippen molar-refractivity contribution in [1.29, 1.82) is 0 Å². The second-order valence-corrected chi connectivity index (χ2v) is 3.93. The molecular formula is C12H16ClNO3. The molecule has 0 aliphatic rings. The monoisotopic (exact) mass is 257 g/mol. The predicted molar refractivity (Wildman–Crippen MR) is 66.1 cm³/mol. The summed E-state index contributed by atoms with van der Waals surface area (Å²) in [5.41, 5.74) is 0.600. The first kappa shape index (κ1) is 13.8. The van der Waals surface area contributed by atoms with Crippen molar-refractivity contribution in [2.24, 2.45) is 0 Å². The molecule has 0 saturated heterocycles. The third kappa shape index (κ3) is 4.24. The van der Waals surface area contributed by atoms with Gasteiger partial charge in [0.15, 0.2) is 6.10 Å². The van der Waals surface area contributed by atoms with Crippen LogP contribution in [0, 0.1) is 0 Å². The molecule has 2 N–H and O–H groups in total. The second-order valence-electron chi connectivity index (χ2n) is 3.52. The van der Waals surface area contributed by atoms with E-state index < -0.39 is 12.2 Å². The molecule has 1 rings (SSSR count). The van der Waals surface area contributed by atoms with Crippen LogP contribution in [0.5, 0.6) is 0 Å². The SMILES string of the molecule is CCCNC(=O)OC(CO)c1ccccc1Cl. The Balaban J connectivity index is 2.66. The number of carbonyl (C=O) groups is 1. The van der Waals surface area contributed by atoms with Gasteiger partial charge < -0.3 is 15.2 Å². The van der Waals surface area contributed by atoms with E-state index in [-0.39, 0.29) is 6.61 Å². The van der Waals surface area contributed by atoms with Crippen molar-refractivity contribution in [3.8, 4) is 0 Å². The average Bonchev–Trinajstić information content (AvgIpc) is 2.34. The number of halogens is 1. The first-order valence-corrected chi connectivity index (χ1v) is 5.86. The Morgan fingerprint density at radius 1 is 1.53 bits per heavy atom. The lowest BCUT2D eigenvalue weighted by Gasteiger charge is -2.17. The molecule has 0 heterocycles. The normalized spacial score (nSPS) is 11.9. The highest BCUT2D eigenvalue weighted by atomic mass is 35.5. The highest BCUT2D eigenvalue weighted by Gasteiger charge is 2.17. The van der Waals surface area contributed by atoms with Crippen LogP contribution in [0.2, 0.25) is 5.02 Å². The summed E-state index contributed by atoms with van der Waals surface area (Å²) in [5.74, 6) is 0. The number of carbonyl (C=O) groups excluding carboxylic acids is 1. The first-order valence-electron chi connectivity index (χ1n) is 5.48. The van der Waals surface area contributed by atoms with Gasteiger partial charge >= 0.3 is 6.09 Å². The third-order valence-electron chi connectivity index (χ3n) is 2.19. The fourth-order valence-electron chi connectivity index (χ4n) is 1.33. The van der Waals surface area contributed by atoms with Gasteiger partial charge in [0.25, 0.3) is 0 Å². The van der Waals surface area contributed by atoms with Crippen LogP contribution in [-0.2, 0) is 4.74 Å². The second kappa shape index (κ2) is 7.14. The molecular weight excluding hydrogens is 242 g/mol. The van der Waals surface area contributed by atoms with Crippen molar-refractivity contribution >= 4 is 17.7 Å². The highest BCUT2D eigenvalue weighted by molar-refractivity contribution is 6.31. The smallest absolute Gasteiger partial charge is 0.407 e. The maximum Gasteiger partial charge on any atom is 0.407 e. The molecule has 0 saturated carbocycles. The van der Waals surface area contributed by atoms with Crippen LogP contribution >= 0.6 is 11.6 Å². The van der Waals surface area contributed by atoms with Gasteiger partial charge in [0.2, 0.25) is 0 Å². The minimum atomic E-state index is -0.736. The zero-order valence-electron chi connectivity index (χ0n) is 9.65. The fourth-order valence-corrected chi connectivity index (χ4v) is 1.59. The number of aliphatic hydroxyl groups is 1. The maximum absolute atomic E-state index is 11.4. The van der Waals surface area contributed by atoms with Crippen LogP contribution in [0.4, 0.5) is 4.79 Å². The van der Waals surface area contributed by atoms with Gasteiger partial charge in [-0.15, -0.1) is 0 Å². The van der Waals surface area contributed by atoms with Gasteiger partial charge in [-0.05, 0) is 12.5 Å². The van der Waals surface area contributed by atoms with Gasteiger partial charge in [0, 0.05) is 17.1 Å². The third-order valence-corrected chi connectivity index (χ3v) is 2.53. The molecule has 0 fully saturated rings. The summed E-state index contributed by atoms with van der Waals surface area (Å²) in [4.78, 5) is 11.4. The molecule has 4 nitrogen and oxygen atoms in total. The van der Waals surface area contributed by atoms with E-state index in [2.05, 4.69) is 5.32 Å². The summed E-state index contributed by atoms with van der Waals surface area (Å²) >= 11 is 5.96. The number of alkyl carbamates (subject to hydrolysis) is 1. The summed E-state index contributed by atoms with van der Waals surface area (Å²) in [7, 11) is 0. The maximum atomic E-state index is 11.4. The lowest BCUT2D eigenvalue weighted by atomic mass is 10.1. The van der Waals surface area contributed by atoms with E-state index in [9.17, 15) is 9.90 Å². The number of hydrogen-bond donors (Lipinski definition) is 2. The number of benzene rings is 1. The number of rotatable bonds is 5. The van der Waals surface area contributed by atoms with Crippen LogP contribution in [-0.4, -0.2) is 24.4 Å². The molecule has 0 aliphatic heterocycles. The molecule has 1 aromatic rings. The summed E-state index contributed by atoms with van der Waals surface area (Å²) < 4.78 is 5.08. The first-order chi connectivity index (χ1) is 8.19. The standard InChI is InChI=1S/C12H16ClNO3/c1-2-7-14-12(16)17-11(8-15)9-5-3-4-6-10(9)13/h3-6,11,15H,2,7-8H2,1H3,(H,14,16). The molecule has 17 heavy (non-hydrogen) atoms. The number of ether oxygens (including phenoxy) is 1. The van der Waals surface area contributed by atoms with E-state index in [1.54, 1.807) is 24.3 Å². The molecule has 1 atom stereocenters. The largest absolute Gasteiger partial charge is 0.439 e. The van der Waals surface area contributed by atoms with Crippen molar-refractivity contribution in [3.05, 3.63) is 34.9 Å². The van der Waals surface area contributed by atoms with Crippen LogP contribution < -0.4 is 5.32 Å². The quantitative estimate of drug-likeness (QED) is 0.852. The van der Waals surface area contributed by atoms with E-state index in [1.165, 1.54) is 0 Å². The van der Waals surface area contributed by atoms with Gasteiger partial charge in [-0.2, -0.15) is 0 Å². The zero-order valence-corrected chi connectivity index (χ0v) is 10.4. The van der Waals surface area contributed by atoms with Gasteiger partial charge in [-0.25, -0.2) is 4.79 Å². The lowest BCUT2D eigenvalue weighted by Crippen LogP contribution is -2.27. The average molecular weight is 258 g/mol. The minimum absolute atomic E-state index is 0.302. The lowest BCUT2D eigenvalue weighted by molar-refractivity contribution is 0.0572. The molecule has 0 bridgehead atoms. The Hall–Kier alpha value is -1.26. The Morgan fingerprint density at radius 3 is 2.82 bits per heavy atom. The molecule has 5 heteroatoms. The molecule has 0 aromatic heterocycles. The Bertz CT molecular complexity index is 371. The summed E-state index contributed by atoms with van der Waals surface area (Å²) in [6.45, 7) is 2.18. The Morgan fingerprint density at radius 2 is 2.24 bits per heavy atom. The van der Waals surface area contributed by atoms with Crippen LogP contribution in [0.25, 0.3) is 0 Å². The van der Waals surface area contributed by atoms with Crippen LogP contribution in [0.1, 0.15) is 25.0 Å². The van der Waals surface area contributed by atoms with Crippen molar-refractivity contribution in [2.75, 3.05) is 13.2 Å². The zero-order chi connectivity index (χ0) is 12.7. The Labute approximate surface area is 106 Å². The molecule has 1 aromatic carbocycles. The molecule has 94 valence electrons. The van der Waals surface area contributed by atoms with E-state index in [0.717, 1.165) is 6.42 Å². The molecule has 0 aliphatic carbocycles. The number of aliphatic hydroxyl groups excluding tert-OH is 1. The van der Waals surface area contributed by atoms with Crippen molar-refractivity contribution in [2.45, 2.75) is 19.4 Å². The topological polar surface area (TPSA) is 58.6 Å². The van der Waals surface area contributed by atoms with E-state index in [1.807, 2.05) is 6.92 Å². The van der Waals surface area contributed by atoms with E-state index in [0.29, 0.717) is 17.1 Å². The summed E-state index contributed by atoms with van der Waals surface area (Å²) in [6.07, 6.45) is -0.461. The summed E-state index contributed by atoms with van der Waals surface area (Å²) in [5, 5.41) is 12.3. The molecule has 0 spiro atoms. The predicted octanol–water partition coefficient (Wildman–Crippen LogP) is 2.51. The number of hydrogen-bond acceptors (Lipinski definition) is 3. The van der Waals surface area contributed by atoms with Crippen molar-refractivity contribution in [1.82, 2.24) is 5.32 Å². The molecule has 0 radical (unpaired) electrons. The van der Waals surface area contributed by atoms with E-state index >= 15 is 0 Å². The van der Waals surface area contributed by atoms with Crippen molar-refractivity contribution < 1.29 is 14.6 Å². The van der Waals surface area contributed by atoms with Gasteiger partial charge in [-0.1, -0.05) is 36.7 Å². The fraction of sp³-hybridized carbons (Fsp3) is 0.417. The van der Waals surface area contributed by atoms with Crippen LogP contribution in [0.3, 0.4) is 0 Å². The number of amides is 1. The Kier molecular flexibility index (Phi) is 5.80. The van der Waals surface area contributed by atoms with E-state index in [4.69, 9.17) is 16.3 Å². The molecule has 1 unspecified atom stereocenters. The molecule has 1 amide bonds. The van der Waals surface area contributed by atoms with Gasteiger partial charge in [0.1, 0.15) is 0 Å². The minimum Gasteiger partial charge on any atom is -0.439 e. The van der Waals surface area contributed by atoms with Crippen molar-refractivity contribution in [3.63, 3.8) is 0 Å². The van der Waals surface area contributed by atoms with Gasteiger partial charge in [-0.3, -0.25) is 0 Å². The van der Waals surface area contributed by atoms with Gasteiger partial charge in [0.05, 0.1) is 6.61 Å².